The van der Waals surface area contributed by atoms with Crippen molar-refractivity contribution in [3.05, 3.63) is 21.2 Å². The molecule has 0 bridgehead atoms. The number of rotatable bonds is 1. The molecule has 72 valence electrons. The molecule has 1 heterocycles. The molecule has 0 aliphatic rings. The second kappa shape index (κ2) is 3.96. The highest BCUT2D eigenvalue weighted by Gasteiger charge is 2.13. The SMILES string of the molecule is CC(C)(C)Oc1cc(Br)c(Br)cn1. The van der Waals surface area contributed by atoms with Crippen molar-refractivity contribution in [2.24, 2.45) is 0 Å². The Balaban J connectivity index is 2.86. The Kier molecular flexibility index (Phi) is 3.35. The van der Waals surface area contributed by atoms with E-state index >= 15 is 0 Å². The van der Waals surface area contributed by atoms with Crippen molar-refractivity contribution in [1.82, 2.24) is 4.98 Å². The lowest BCUT2D eigenvalue weighted by molar-refractivity contribution is 0.124. The van der Waals surface area contributed by atoms with Crippen molar-refractivity contribution in [2.75, 3.05) is 0 Å². The van der Waals surface area contributed by atoms with Gasteiger partial charge in [-0.3, -0.25) is 0 Å². The number of aromatic nitrogens is 1. The van der Waals surface area contributed by atoms with Crippen LogP contribution >= 0.6 is 31.9 Å². The average Bonchev–Trinajstić information content (AvgIpc) is 1.94. The van der Waals surface area contributed by atoms with E-state index in [0.29, 0.717) is 5.88 Å². The topological polar surface area (TPSA) is 22.1 Å². The maximum Gasteiger partial charge on any atom is 0.214 e. The Labute approximate surface area is 95.0 Å². The van der Waals surface area contributed by atoms with Gasteiger partial charge in [0, 0.05) is 16.7 Å². The Hall–Kier alpha value is -0.0900. The van der Waals surface area contributed by atoms with Gasteiger partial charge in [0.15, 0.2) is 0 Å². The van der Waals surface area contributed by atoms with Crippen LogP contribution in [0.1, 0.15) is 20.8 Å². The molecule has 4 heteroatoms. The van der Waals surface area contributed by atoms with Crippen LogP contribution in [0.5, 0.6) is 5.88 Å². The van der Waals surface area contributed by atoms with Crippen molar-refractivity contribution < 1.29 is 4.74 Å². The molecule has 0 aliphatic heterocycles. The van der Waals surface area contributed by atoms with E-state index in [9.17, 15) is 0 Å². The number of ether oxygens (including phenoxy) is 1. The van der Waals surface area contributed by atoms with Gasteiger partial charge in [0.2, 0.25) is 5.88 Å². The summed E-state index contributed by atoms with van der Waals surface area (Å²) in [5.41, 5.74) is -0.208. The summed E-state index contributed by atoms with van der Waals surface area (Å²) in [7, 11) is 0. The van der Waals surface area contributed by atoms with Gasteiger partial charge in [0.25, 0.3) is 0 Å². The first-order valence-corrected chi connectivity index (χ1v) is 5.47. The van der Waals surface area contributed by atoms with E-state index in [1.54, 1.807) is 6.20 Å². The summed E-state index contributed by atoms with van der Waals surface area (Å²) >= 11 is 6.73. The molecular weight excluding hydrogens is 298 g/mol. The summed E-state index contributed by atoms with van der Waals surface area (Å²) < 4.78 is 7.45. The zero-order valence-corrected chi connectivity index (χ0v) is 10.9. The van der Waals surface area contributed by atoms with Crippen LogP contribution in [0, 0.1) is 0 Å². The van der Waals surface area contributed by atoms with Gasteiger partial charge in [-0.1, -0.05) is 0 Å². The molecule has 0 saturated carbocycles. The Morgan fingerprint density at radius 3 is 2.31 bits per heavy atom. The van der Waals surface area contributed by atoms with Gasteiger partial charge in [-0.15, -0.1) is 0 Å². The van der Waals surface area contributed by atoms with Gasteiger partial charge in [-0.25, -0.2) is 4.98 Å². The Bertz CT molecular complexity index is 307. The molecule has 1 aromatic heterocycles. The van der Waals surface area contributed by atoms with Crippen molar-refractivity contribution in [3.8, 4) is 5.88 Å². The van der Waals surface area contributed by atoms with E-state index in [1.807, 2.05) is 26.8 Å². The summed E-state index contributed by atoms with van der Waals surface area (Å²) in [5, 5.41) is 0. The van der Waals surface area contributed by atoms with E-state index in [1.165, 1.54) is 0 Å². The Morgan fingerprint density at radius 1 is 1.23 bits per heavy atom. The molecule has 0 amide bonds. The fraction of sp³-hybridized carbons (Fsp3) is 0.444. The molecular formula is C9H11Br2NO. The predicted molar refractivity (Wildman–Crippen MR) is 60.0 cm³/mol. The minimum atomic E-state index is -0.208. The molecule has 0 radical (unpaired) electrons. The zero-order valence-electron chi connectivity index (χ0n) is 7.77. The second-order valence-electron chi connectivity index (χ2n) is 3.65. The maximum atomic E-state index is 5.58. The first-order chi connectivity index (χ1) is 5.88. The minimum absolute atomic E-state index is 0.208. The van der Waals surface area contributed by atoms with E-state index in [0.717, 1.165) is 8.95 Å². The highest BCUT2D eigenvalue weighted by molar-refractivity contribution is 9.13. The molecule has 1 aromatic rings. The largest absolute Gasteiger partial charge is 0.472 e. The maximum absolute atomic E-state index is 5.58. The monoisotopic (exact) mass is 307 g/mol. The van der Waals surface area contributed by atoms with E-state index in [2.05, 4.69) is 36.8 Å². The molecule has 0 aliphatic carbocycles. The number of nitrogens with zero attached hydrogens (tertiary/aromatic N) is 1. The van der Waals surface area contributed by atoms with Crippen LogP contribution in [-0.4, -0.2) is 10.6 Å². The molecule has 0 saturated heterocycles. The molecule has 0 unspecified atom stereocenters. The van der Waals surface area contributed by atoms with Crippen LogP contribution in [-0.2, 0) is 0 Å². The smallest absolute Gasteiger partial charge is 0.214 e. The lowest BCUT2D eigenvalue weighted by Crippen LogP contribution is -2.23. The van der Waals surface area contributed by atoms with Crippen LogP contribution in [0.3, 0.4) is 0 Å². The molecule has 13 heavy (non-hydrogen) atoms. The number of hydrogen-bond acceptors (Lipinski definition) is 2. The molecule has 0 spiro atoms. The summed E-state index contributed by atoms with van der Waals surface area (Å²) in [6, 6.07) is 1.84. The Morgan fingerprint density at radius 2 is 1.85 bits per heavy atom. The van der Waals surface area contributed by atoms with Crippen molar-refractivity contribution in [1.29, 1.82) is 0 Å². The van der Waals surface area contributed by atoms with E-state index in [4.69, 9.17) is 4.74 Å². The normalized spacial score (nSPS) is 11.5. The van der Waals surface area contributed by atoms with Crippen molar-refractivity contribution >= 4 is 31.9 Å². The fourth-order valence-corrected chi connectivity index (χ4v) is 1.28. The van der Waals surface area contributed by atoms with Crippen LogP contribution in [0.4, 0.5) is 0 Å². The third-order valence-electron chi connectivity index (χ3n) is 1.19. The van der Waals surface area contributed by atoms with Crippen LogP contribution in [0.2, 0.25) is 0 Å². The molecule has 0 aromatic carbocycles. The van der Waals surface area contributed by atoms with Gasteiger partial charge < -0.3 is 4.74 Å². The predicted octanol–water partition coefficient (Wildman–Crippen LogP) is 3.78. The van der Waals surface area contributed by atoms with E-state index < -0.39 is 0 Å². The molecule has 0 fully saturated rings. The van der Waals surface area contributed by atoms with Gasteiger partial charge in [0.05, 0.1) is 4.47 Å². The summed E-state index contributed by atoms with van der Waals surface area (Å²) in [6.07, 6.45) is 1.71. The molecule has 0 atom stereocenters. The molecule has 2 nitrogen and oxygen atoms in total. The lowest BCUT2D eigenvalue weighted by Gasteiger charge is -2.20. The highest BCUT2D eigenvalue weighted by Crippen LogP contribution is 2.26. The number of pyridine rings is 1. The van der Waals surface area contributed by atoms with Crippen LogP contribution < -0.4 is 4.74 Å². The van der Waals surface area contributed by atoms with Gasteiger partial charge in [0.1, 0.15) is 5.60 Å². The third kappa shape index (κ3) is 3.65. The third-order valence-corrected chi connectivity index (χ3v) is 3.01. The van der Waals surface area contributed by atoms with Crippen LogP contribution in [0.25, 0.3) is 0 Å². The first kappa shape index (κ1) is 11.0. The van der Waals surface area contributed by atoms with Crippen molar-refractivity contribution in [2.45, 2.75) is 26.4 Å². The zero-order chi connectivity index (χ0) is 10.1. The average molecular weight is 309 g/mol. The van der Waals surface area contributed by atoms with Gasteiger partial charge >= 0.3 is 0 Å². The quantitative estimate of drug-likeness (QED) is 0.787. The fourth-order valence-electron chi connectivity index (χ4n) is 0.766. The van der Waals surface area contributed by atoms with Crippen molar-refractivity contribution in [3.63, 3.8) is 0 Å². The summed E-state index contributed by atoms with van der Waals surface area (Å²) in [4.78, 5) is 4.13. The number of halogens is 2. The summed E-state index contributed by atoms with van der Waals surface area (Å²) in [6.45, 7) is 5.97. The summed E-state index contributed by atoms with van der Waals surface area (Å²) in [5.74, 6) is 0.627. The first-order valence-electron chi connectivity index (χ1n) is 3.88. The molecule has 1 rings (SSSR count). The minimum Gasteiger partial charge on any atom is -0.472 e. The standard InChI is InChI=1S/C9H11Br2NO/c1-9(2,3)13-8-4-6(10)7(11)5-12-8/h4-5H,1-3H3. The van der Waals surface area contributed by atoms with Gasteiger partial charge in [-0.05, 0) is 52.6 Å². The van der Waals surface area contributed by atoms with Gasteiger partial charge in [-0.2, -0.15) is 0 Å². The lowest BCUT2D eigenvalue weighted by atomic mass is 10.2. The van der Waals surface area contributed by atoms with Crippen LogP contribution in [0.15, 0.2) is 21.2 Å². The number of hydrogen-bond donors (Lipinski definition) is 0. The second-order valence-corrected chi connectivity index (χ2v) is 5.36. The molecule has 0 N–H and O–H groups in total. The van der Waals surface area contributed by atoms with E-state index in [-0.39, 0.29) is 5.60 Å². The highest BCUT2D eigenvalue weighted by atomic mass is 79.9.